The standard InChI is InChI=1S/C16H16N4O2/c1-10-4-2-3-5-12(10)8-13-15(21)20(9-17-13)16-18-14(22-19-16)11-6-7-11/h2-5,9,11,13H,6-8H2,1H3. The zero-order chi connectivity index (χ0) is 15.1. The van der Waals surface area contributed by atoms with E-state index in [1.807, 2.05) is 31.2 Å². The van der Waals surface area contributed by atoms with Crippen molar-refractivity contribution >= 4 is 18.2 Å². The molecule has 2 heterocycles. The summed E-state index contributed by atoms with van der Waals surface area (Å²) >= 11 is 0. The van der Waals surface area contributed by atoms with Crippen LogP contribution in [0.25, 0.3) is 0 Å². The maximum absolute atomic E-state index is 12.5. The second-order valence-corrected chi connectivity index (χ2v) is 5.83. The minimum Gasteiger partial charge on any atom is -0.337 e. The lowest BCUT2D eigenvalue weighted by molar-refractivity contribution is -0.118. The number of aliphatic imine (C=N–C) groups is 1. The fraction of sp³-hybridized carbons (Fsp3) is 0.375. The van der Waals surface area contributed by atoms with Crippen molar-refractivity contribution in [2.45, 2.75) is 38.1 Å². The average Bonchev–Trinajstić information content (AvgIpc) is 3.15. The van der Waals surface area contributed by atoms with E-state index < -0.39 is 6.04 Å². The lowest BCUT2D eigenvalue weighted by Gasteiger charge is -2.11. The number of amides is 1. The summed E-state index contributed by atoms with van der Waals surface area (Å²) in [5.41, 5.74) is 2.30. The van der Waals surface area contributed by atoms with Crippen LogP contribution in [0.3, 0.4) is 0 Å². The highest BCUT2D eigenvalue weighted by Crippen LogP contribution is 2.39. The molecule has 22 heavy (non-hydrogen) atoms. The number of hydrogen-bond acceptors (Lipinski definition) is 5. The zero-order valence-electron chi connectivity index (χ0n) is 12.3. The van der Waals surface area contributed by atoms with E-state index in [0.29, 0.717) is 24.2 Å². The van der Waals surface area contributed by atoms with E-state index in [-0.39, 0.29) is 5.91 Å². The first kappa shape index (κ1) is 13.2. The summed E-state index contributed by atoms with van der Waals surface area (Å²) < 4.78 is 5.21. The van der Waals surface area contributed by atoms with Gasteiger partial charge in [-0.25, -0.2) is 4.90 Å². The molecule has 0 N–H and O–H groups in total. The van der Waals surface area contributed by atoms with E-state index in [4.69, 9.17) is 4.52 Å². The van der Waals surface area contributed by atoms with E-state index in [9.17, 15) is 4.79 Å². The molecule has 2 aliphatic rings. The fourth-order valence-electron chi connectivity index (χ4n) is 2.59. The predicted molar refractivity (Wildman–Crippen MR) is 80.9 cm³/mol. The number of anilines is 1. The molecular formula is C16H16N4O2. The molecule has 1 fully saturated rings. The molecule has 6 heteroatoms. The summed E-state index contributed by atoms with van der Waals surface area (Å²) in [7, 11) is 0. The van der Waals surface area contributed by atoms with E-state index in [1.54, 1.807) is 0 Å². The number of nitrogens with zero attached hydrogens (tertiary/aromatic N) is 4. The molecule has 1 aromatic heterocycles. The van der Waals surface area contributed by atoms with E-state index in [1.165, 1.54) is 16.8 Å². The molecule has 0 spiro atoms. The molecule has 0 bridgehead atoms. The van der Waals surface area contributed by atoms with Gasteiger partial charge in [-0.05, 0) is 36.0 Å². The summed E-state index contributed by atoms with van der Waals surface area (Å²) in [6.45, 7) is 2.04. The molecule has 1 aliphatic carbocycles. The minimum absolute atomic E-state index is 0.105. The van der Waals surface area contributed by atoms with Crippen molar-refractivity contribution in [3.63, 3.8) is 0 Å². The van der Waals surface area contributed by atoms with Crippen LogP contribution in [0.2, 0.25) is 0 Å². The third-order valence-electron chi connectivity index (χ3n) is 4.13. The largest absolute Gasteiger partial charge is 0.337 e. The molecular weight excluding hydrogens is 280 g/mol. The Morgan fingerprint density at radius 3 is 2.91 bits per heavy atom. The molecule has 112 valence electrons. The van der Waals surface area contributed by atoms with Gasteiger partial charge in [-0.15, -0.1) is 0 Å². The molecule has 0 radical (unpaired) electrons. The Labute approximate surface area is 127 Å². The van der Waals surface area contributed by atoms with Gasteiger partial charge in [0.15, 0.2) is 0 Å². The third-order valence-corrected chi connectivity index (χ3v) is 4.13. The molecule has 1 amide bonds. The second kappa shape index (κ2) is 5.05. The Morgan fingerprint density at radius 2 is 2.14 bits per heavy atom. The lowest BCUT2D eigenvalue weighted by Crippen LogP contribution is -2.32. The molecule has 2 aromatic rings. The summed E-state index contributed by atoms with van der Waals surface area (Å²) in [6.07, 6.45) is 4.26. The van der Waals surface area contributed by atoms with E-state index >= 15 is 0 Å². The first-order valence-electron chi connectivity index (χ1n) is 7.47. The summed E-state index contributed by atoms with van der Waals surface area (Å²) in [6, 6.07) is 7.62. The van der Waals surface area contributed by atoms with Crippen molar-refractivity contribution in [3.8, 4) is 0 Å². The first-order chi connectivity index (χ1) is 10.7. The molecule has 1 unspecified atom stereocenters. The molecule has 1 saturated carbocycles. The lowest BCUT2D eigenvalue weighted by atomic mass is 10.0. The average molecular weight is 296 g/mol. The van der Waals surface area contributed by atoms with Gasteiger partial charge in [0, 0.05) is 12.3 Å². The quantitative estimate of drug-likeness (QED) is 0.867. The predicted octanol–water partition coefficient (Wildman–Crippen LogP) is 2.24. The van der Waals surface area contributed by atoms with Crippen LogP contribution in [0.15, 0.2) is 33.8 Å². The Bertz CT molecular complexity index is 748. The number of aromatic nitrogens is 2. The van der Waals surface area contributed by atoms with Gasteiger partial charge in [0.05, 0.1) is 0 Å². The highest BCUT2D eigenvalue weighted by molar-refractivity contribution is 6.13. The van der Waals surface area contributed by atoms with Crippen LogP contribution in [0, 0.1) is 6.92 Å². The Kier molecular flexibility index (Phi) is 3.03. The smallest absolute Gasteiger partial charge is 0.278 e. The summed E-state index contributed by atoms with van der Waals surface area (Å²) in [5, 5.41) is 3.90. The zero-order valence-corrected chi connectivity index (χ0v) is 12.3. The third kappa shape index (κ3) is 2.30. The Hall–Kier alpha value is -2.50. The Morgan fingerprint density at radius 1 is 1.32 bits per heavy atom. The number of carbonyl (C=O) groups is 1. The number of carbonyl (C=O) groups excluding carboxylic acids is 1. The molecule has 0 saturated heterocycles. The van der Waals surface area contributed by atoms with Crippen molar-refractivity contribution in [3.05, 3.63) is 41.3 Å². The van der Waals surface area contributed by atoms with Gasteiger partial charge >= 0.3 is 0 Å². The summed E-state index contributed by atoms with van der Waals surface area (Å²) in [5.74, 6) is 1.19. The van der Waals surface area contributed by atoms with E-state index in [2.05, 4.69) is 15.1 Å². The first-order valence-corrected chi connectivity index (χ1v) is 7.47. The van der Waals surface area contributed by atoms with Gasteiger partial charge in [0.1, 0.15) is 12.4 Å². The van der Waals surface area contributed by atoms with Gasteiger partial charge < -0.3 is 4.52 Å². The van der Waals surface area contributed by atoms with Crippen LogP contribution in [-0.2, 0) is 11.2 Å². The van der Waals surface area contributed by atoms with Gasteiger partial charge in [0.2, 0.25) is 5.89 Å². The highest BCUT2D eigenvalue weighted by Gasteiger charge is 2.35. The second-order valence-electron chi connectivity index (χ2n) is 5.83. The van der Waals surface area contributed by atoms with Crippen LogP contribution in [0.5, 0.6) is 0 Å². The monoisotopic (exact) mass is 296 g/mol. The van der Waals surface area contributed by atoms with Crippen molar-refractivity contribution in [2.24, 2.45) is 4.99 Å². The fourth-order valence-corrected chi connectivity index (χ4v) is 2.59. The van der Waals surface area contributed by atoms with Crippen molar-refractivity contribution in [1.29, 1.82) is 0 Å². The Balaban J connectivity index is 1.50. The topological polar surface area (TPSA) is 71.6 Å². The molecule has 4 rings (SSSR count). The van der Waals surface area contributed by atoms with Crippen molar-refractivity contribution in [2.75, 3.05) is 4.90 Å². The van der Waals surface area contributed by atoms with Crippen molar-refractivity contribution < 1.29 is 9.32 Å². The number of benzene rings is 1. The molecule has 1 aromatic carbocycles. The maximum atomic E-state index is 12.5. The number of hydrogen-bond donors (Lipinski definition) is 0. The van der Waals surface area contributed by atoms with E-state index in [0.717, 1.165) is 18.4 Å². The van der Waals surface area contributed by atoms with Crippen LogP contribution in [-0.4, -0.2) is 28.4 Å². The van der Waals surface area contributed by atoms with Gasteiger partial charge in [-0.1, -0.05) is 24.3 Å². The van der Waals surface area contributed by atoms with Gasteiger partial charge in [0.25, 0.3) is 11.9 Å². The normalized spacial score (nSPS) is 20.9. The van der Waals surface area contributed by atoms with Crippen molar-refractivity contribution in [1.82, 2.24) is 10.1 Å². The SMILES string of the molecule is Cc1ccccc1CC1N=CN(c2noc(C3CC3)n2)C1=O. The molecule has 1 aliphatic heterocycles. The van der Waals surface area contributed by atoms with Crippen LogP contribution >= 0.6 is 0 Å². The van der Waals surface area contributed by atoms with Gasteiger partial charge in [-0.2, -0.15) is 4.98 Å². The summed E-state index contributed by atoms with van der Waals surface area (Å²) in [4.78, 5) is 22.5. The van der Waals surface area contributed by atoms with Crippen LogP contribution < -0.4 is 4.90 Å². The van der Waals surface area contributed by atoms with Gasteiger partial charge in [-0.3, -0.25) is 9.79 Å². The highest BCUT2D eigenvalue weighted by atomic mass is 16.5. The molecule has 6 nitrogen and oxygen atoms in total. The number of rotatable bonds is 4. The maximum Gasteiger partial charge on any atom is 0.278 e. The minimum atomic E-state index is -0.413. The van der Waals surface area contributed by atoms with Crippen LogP contribution in [0.1, 0.15) is 35.8 Å². The van der Waals surface area contributed by atoms with Crippen LogP contribution in [0.4, 0.5) is 5.95 Å². The number of aryl methyl sites for hydroxylation is 1. The molecule has 1 atom stereocenters.